The molecule has 0 unspecified atom stereocenters. The maximum Gasteiger partial charge on any atom is 0.251 e. The number of fused-ring (bicyclic) bond motifs is 1. The van der Waals surface area contributed by atoms with E-state index >= 15 is 0 Å². The van der Waals surface area contributed by atoms with Crippen LogP contribution in [0.3, 0.4) is 0 Å². The Morgan fingerprint density at radius 2 is 2.04 bits per heavy atom. The van der Waals surface area contributed by atoms with Crippen LogP contribution in [-0.2, 0) is 0 Å². The molecule has 0 amide bonds. The average molecular weight is 342 g/mol. The van der Waals surface area contributed by atoms with Crippen LogP contribution in [0.15, 0.2) is 23.0 Å². The zero-order valence-corrected chi connectivity index (χ0v) is 13.7. The average Bonchev–Trinajstić information content (AvgIpc) is 2.42. The van der Waals surface area contributed by atoms with Gasteiger partial charge in [-0.3, -0.25) is 4.79 Å². The number of rotatable bonds is 4. The van der Waals surface area contributed by atoms with Gasteiger partial charge in [0.2, 0.25) is 5.92 Å². The van der Waals surface area contributed by atoms with Gasteiger partial charge in [0.05, 0.1) is 17.1 Å². The summed E-state index contributed by atoms with van der Waals surface area (Å²) in [7, 11) is 0. The lowest BCUT2D eigenvalue weighted by atomic mass is 9.82. The van der Waals surface area contributed by atoms with Gasteiger partial charge in [-0.1, -0.05) is 25.4 Å². The first kappa shape index (κ1) is 16.2. The molecule has 0 spiro atoms. The van der Waals surface area contributed by atoms with Gasteiger partial charge < -0.3 is 9.72 Å². The van der Waals surface area contributed by atoms with Crippen molar-refractivity contribution in [2.24, 2.45) is 5.92 Å². The van der Waals surface area contributed by atoms with Crippen molar-refractivity contribution in [3.63, 3.8) is 0 Å². The first-order chi connectivity index (χ1) is 10.7. The van der Waals surface area contributed by atoms with Crippen molar-refractivity contribution < 1.29 is 13.5 Å². The summed E-state index contributed by atoms with van der Waals surface area (Å²) in [5, 5.41) is 1.23. The minimum absolute atomic E-state index is 0.109. The summed E-state index contributed by atoms with van der Waals surface area (Å²) in [6.07, 6.45) is -0.292. The monoisotopic (exact) mass is 341 g/mol. The summed E-state index contributed by atoms with van der Waals surface area (Å²) in [5.41, 5.74) is 1.18. The van der Waals surface area contributed by atoms with Gasteiger partial charge in [-0.25, -0.2) is 8.78 Å². The van der Waals surface area contributed by atoms with Crippen LogP contribution in [0.2, 0.25) is 5.02 Å². The van der Waals surface area contributed by atoms with Crippen molar-refractivity contribution >= 4 is 22.5 Å². The molecule has 23 heavy (non-hydrogen) atoms. The Morgan fingerprint density at radius 3 is 2.65 bits per heavy atom. The quantitative estimate of drug-likeness (QED) is 0.873. The number of aromatic amines is 1. The highest BCUT2D eigenvalue weighted by Crippen LogP contribution is 2.42. The van der Waals surface area contributed by atoms with E-state index in [4.69, 9.17) is 16.3 Å². The van der Waals surface area contributed by atoms with Crippen LogP contribution in [0.25, 0.3) is 10.9 Å². The number of hydrogen-bond donors (Lipinski definition) is 1. The Hall–Kier alpha value is -1.62. The number of pyridine rings is 1. The molecule has 0 bridgehead atoms. The lowest BCUT2D eigenvalue weighted by Crippen LogP contribution is -2.38. The maximum atomic E-state index is 12.8. The molecule has 1 heterocycles. The SMILES string of the molecule is CC(C)c1cc2cc(Cl)c(OCC3CC(F)(F)C3)cc2[nH]c1=O. The summed E-state index contributed by atoms with van der Waals surface area (Å²) in [6, 6.07) is 5.20. The van der Waals surface area contributed by atoms with Crippen LogP contribution in [0.1, 0.15) is 38.2 Å². The molecule has 0 atom stereocenters. The Balaban J connectivity index is 1.83. The molecule has 3 rings (SSSR count). The van der Waals surface area contributed by atoms with Gasteiger partial charge in [-0.05, 0) is 18.1 Å². The second kappa shape index (κ2) is 5.78. The van der Waals surface area contributed by atoms with Crippen LogP contribution in [0.4, 0.5) is 8.78 Å². The van der Waals surface area contributed by atoms with E-state index in [9.17, 15) is 13.6 Å². The molecule has 2 aromatic rings. The molecule has 0 saturated heterocycles. The molecule has 0 aliphatic heterocycles. The van der Waals surface area contributed by atoms with E-state index in [0.29, 0.717) is 21.9 Å². The molecule has 1 aromatic heterocycles. The standard InChI is InChI=1S/C17H18ClF2NO2/c1-9(2)12-3-11-4-13(18)15(5-14(11)21-16(12)22)23-8-10-6-17(19,20)7-10/h3-5,9-10H,6-8H2,1-2H3,(H,21,22). The van der Waals surface area contributed by atoms with Crippen molar-refractivity contribution in [1.82, 2.24) is 4.98 Å². The Labute approximate surface area is 137 Å². The number of aromatic nitrogens is 1. The highest BCUT2D eigenvalue weighted by atomic mass is 35.5. The fourth-order valence-electron chi connectivity index (χ4n) is 2.87. The summed E-state index contributed by atoms with van der Waals surface area (Å²) in [6.45, 7) is 4.10. The Morgan fingerprint density at radius 1 is 1.35 bits per heavy atom. The fourth-order valence-corrected chi connectivity index (χ4v) is 3.10. The van der Waals surface area contributed by atoms with E-state index in [0.717, 1.165) is 5.39 Å². The zero-order chi connectivity index (χ0) is 16.8. The molecule has 1 N–H and O–H groups in total. The molecule has 3 nitrogen and oxygen atoms in total. The van der Waals surface area contributed by atoms with Crippen molar-refractivity contribution in [3.05, 3.63) is 39.1 Å². The molecule has 6 heteroatoms. The van der Waals surface area contributed by atoms with Crippen LogP contribution in [0, 0.1) is 5.92 Å². The van der Waals surface area contributed by atoms with E-state index < -0.39 is 5.92 Å². The third kappa shape index (κ3) is 3.34. The van der Waals surface area contributed by atoms with Gasteiger partial charge in [0, 0.05) is 35.8 Å². The van der Waals surface area contributed by atoms with Gasteiger partial charge in [-0.15, -0.1) is 0 Å². The molecule has 1 aliphatic rings. The smallest absolute Gasteiger partial charge is 0.251 e. The normalized spacial score (nSPS) is 17.5. The summed E-state index contributed by atoms with van der Waals surface area (Å²) in [4.78, 5) is 14.9. The van der Waals surface area contributed by atoms with E-state index in [1.807, 2.05) is 19.9 Å². The van der Waals surface area contributed by atoms with Crippen molar-refractivity contribution in [3.8, 4) is 5.75 Å². The van der Waals surface area contributed by atoms with E-state index in [2.05, 4.69) is 4.98 Å². The van der Waals surface area contributed by atoms with Crippen molar-refractivity contribution in [2.45, 2.75) is 38.5 Å². The first-order valence-corrected chi connectivity index (χ1v) is 8.00. The number of alkyl halides is 2. The number of benzene rings is 1. The largest absolute Gasteiger partial charge is 0.492 e. The summed E-state index contributed by atoms with van der Waals surface area (Å²) >= 11 is 6.21. The number of hydrogen-bond acceptors (Lipinski definition) is 2. The number of nitrogens with one attached hydrogen (secondary N) is 1. The van der Waals surface area contributed by atoms with Crippen molar-refractivity contribution in [1.29, 1.82) is 0 Å². The molecular weight excluding hydrogens is 324 g/mol. The van der Waals surface area contributed by atoms with Crippen LogP contribution in [0.5, 0.6) is 5.75 Å². The minimum atomic E-state index is -2.56. The predicted molar refractivity (Wildman–Crippen MR) is 86.8 cm³/mol. The Kier molecular flexibility index (Phi) is 4.08. The van der Waals surface area contributed by atoms with Crippen LogP contribution < -0.4 is 10.3 Å². The van der Waals surface area contributed by atoms with Crippen molar-refractivity contribution in [2.75, 3.05) is 6.61 Å². The van der Waals surface area contributed by atoms with Gasteiger partial charge in [0.15, 0.2) is 0 Å². The summed E-state index contributed by atoms with van der Waals surface area (Å²) in [5.74, 6) is -2.20. The lowest BCUT2D eigenvalue weighted by molar-refractivity contribution is -0.119. The van der Waals surface area contributed by atoms with E-state index in [1.165, 1.54) is 0 Å². The maximum absolute atomic E-state index is 12.8. The molecule has 124 valence electrons. The third-order valence-electron chi connectivity index (χ3n) is 4.20. The number of ether oxygens (including phenoxy) is 1. The number of H-pyrrole nitrogens is 1. The molecule has 1 aliphatic carbocycles. The highest BCUT2D eigenvalue weighted by molar-refractivity contribution is 6.32. The first-order valence-electron chi connectivity index (χ1n) is 7.62. The predicted octanol–water partition coefficient (Wildman–Crippen LogP) is 4.73. The third-order valence-corrected chi connectivity index (χ3v) is 4.49. The molecule has 0 radical (unpaired) electrons. The summed E-state index contributed by atoms with van der Waals surface area (Å²) < 4.78 is 31.2. The van der Waals surface area contributed by atoms with E-state index in [1.54, 1.807) is 12.1 Å². The van der Waals surface area contributed by atoms with Crippen LogP contribution in [-0.4, -0.2) is 17.5 Å². The second-order valence-electron chi connectivity index (χ2n) is 6.52. The molecular formula is C17H18ClF2NO2. The van der Waals surface area contributed by atoms with Gasteiger partial charge in [0.1, 0.15) is 5.75 Å². The van der Waals surface area contributed by atoms with Gasteiger partial charge in [-0.2, -0.15) is 0 Å². The second-order valence-corrected chi connectivity index (χ2v) is 6.93. The zero-order valence-electron chi connectivity index (χ0n) is 13.0. The van der Waals surface area contributed by atoms with E-state index in [-0.39, 0.29) is 36.8 Å². The highest BCUT2D eigenvalue weighted by Gasteiger charge is 2.45. The minimum Gasteiger partial charge on any atom is -0.492 e. The fraction of sp³-hybridized carbons (Fsp3) is 0.471. The van der Waals surface area contributed by atoms with Gasteiger partial charge in [0.25, 0.3) is 5.56 Å². The molecule has 1 fully saturated rings. The lowest BCUT2D eigenvalue weighted by Gasteiger charge is -2.34. The molecule has 1 saturated carbocycles. The number of halogens is 3. The Bertz CT molecular complexity index is 793. The molecule has 1 aromatic carbocycles. The topological polar surface area (TPSA) is 42.1 Å². The van der Waals surface area contributed by atoms with Gasteiger partial charge >= 0.3 is 0 Å². The van der Waals surface area contributed by atoms with Crippen LogP contribution >= 0.6 is 11.6 Å².